The van der Waals surface area contributed by atoms with Crippen molar-refractivity contribution in [2.75, 3.05) is 0 Å². The molecule has 0 bridgehead atoms. The molecule has 5 heteroatoms. The van der Waals surface area contributed by atoms with Crippen LogP contribution in [0.4, 0.5) is 0 Å². The average molecular weight is 483 g/mol. The van der Waals surface area contributed by atoms with Crippen molar-refractivity contribution in [1.29, 1.82) is 0 Å². The van der Waals surface area contributed by atoms with Gasteiger partial charge in [0.15, 0.2) is 11.6 Å². The monoisotopic (exact) mass is 482 g/mol. The minimum absolute atomic E-state index is 0.0731. The van der Waals surface area contributed by atoms with Crippen LogP contribution in [-0.4, -0.2) is 33.3 Å². The van der Waals surface area contributed by atoms with Crippen molar-refractivity contribution >= 4 is 17.5 Å². The highest BCUT2D eigenvalue weighted by molar-refractivity contribution is 6.24. The number of ketones is 2. The minimum atomic E-state index is -2.95. The third-order valence-corrected chi connectivity index (χ3v) is 7.22. The van der Waals surface area contributed by atoms with Crippen molar-refractivity contribution in [3.05, 3.63) is 22.3 Å². The van der Waals surface area contributed by atoms with Crippen molar-refractivity contribution in [3.63, 3.8) is 0 Å². The van der Waals surface area contributed by atoms with Gasteiger partial charge in [-0.25, -0.2) is 0 Å². The zero-order valence-corrected chi connectivity index (χ0v) is 21.6. The number of rotatable bonds is 16. The lowest BCUT2D eigenvalue weighted by molar-refractivity contribution is -0.141. The summed E-state index contributed by atoms with van der Waals surface area (Å²) in [7, 11) is 0. The van der Waals surface area contributed by atoms with Crippen molar-refractivity contribution in [2.45, 2.75) is 125 Å². The van der Waals surface area contributed by atoms with E-state index in [4.69, 9.17) is 13.3 Å². The maximum absolute atomic E-state index is 13.0. The highest BCUT2D eigenvalue weighted by atomic mass is 16.4. The van der Waals surface area contributed by atoms with Crippen LogP contribution in [0.5, 0.6) is 0 Å². The first-order chi connectivity index (χ1) is 18.2. The molecule has 2 N–H and O–H groups in total. The molecule has 0 saturated carbocycles. The highest BCUT2D eigenvalue weighted by Crippen LogP contribution is 2.31. The molecule has 0 fully saturated rings. The van der Waals surface area contributed by atoms with Crippen LogP contribution in [-0.2, 0) is 14.4 Å². The molecule has 0 aromatic rings. The van der Waals surface area contributed by atoms with Gasteiger partial charge in [-0.05, 0) is 65.1 Å². The van der Waals surface area contributed by atoms with Gasteiger partial charge in [-0.1, -0.05) is 65.7 Å². The van der Waals surface area contributed by atoms with Crippen molar-refractivity contribution in [1.82, 2.24) is 0 Å². The second-order valence-electron chi connectivity index (χ2n) is 10.7. The van der Waals surface area contributed by atoms with E-state index in [2.05, 4.69) is 13.8 Å². The molecule has 5 nitrogen and oxygen atoms in total. The summed E-state index contributed by atoms with van der Waals surface area (Å²) < 4.78 is 46.2. The van der Waals surface area contributed by atoms with Crippen LogP contribution in [0.3, 0.4) is 0 Å². The maximum Gasteiger partial charge on any atom is 0.306 e. The lowest BCUT2D eigenvalue weighted by Crippen LogP contribution is -2.27. The predicted octanol–water partition coefficient (Wildman–Crippen LogP) is 6.83. The van der Waals surface area contributed by atoms with Crippen molar-refractivity contribution in [3.8, 4) is 0 Å². The molecule has 4 atom stereocenters. The number of carboxylic acids is 1. The smallest absolute Gasteiger partial charge is 0.306 e. The molecule has 0 aliphatic heterocycles. The number of aliphatic hydroxyl groups is 1. The van der Waals surface area contributed by atoms with E-state index < -0.39 is 48.0 Å². The third-order valence-electron chi connectivity index (χ3n) is 7.22. The zero-order valence-electron chi connectivity index (χ0n) is 27.6. The molecule has 0 spiro atoms. The number of carboxylic acid groups (broad SMARTS) is 1. The summed E-state index contributed by atoms with van der Waals surface area (Å²) in [6.45, 7) is 3.13. The second-order valence-corrected chi connectivity index (χ2v) is 10.7. The first-order valence-corrected chi connectivity index (χ1v) is 12.7. The van der Waals surface area contributed by atoms with E-state index in [-0.39, 0.29) is 29.9 Å². The Morgan fingerprint density at radius 1 is 0.853 bits per heavy atom. The summed E-state index contributed by atoms with van der Waals surface area (Å²) in [5.41, 5.74) is -3.15. The van der Waals surface area contributed by atoms with E-state index in [1.165, 1.54) is 6.92 Å². The number of hydrogen-bond acceptors (Lipinski definition) is 4. The Balaban J connectivity index is 2.61. The zero-order chi connectivity index (χ0) is 31.1. The summed E-state index contributed by atoms with van der Waals surface area (Å²) in [6, 6.07) is 0. The molecule has 1 unspecified atom stereocenters. The van der Waals surface area contributed by atoms with Gasteiger partial charge in [0.05, 0.1) is 11.5 Å². The Morgan fingerprint density at radius 3 is 1.91 bits per heavy atom. The third kappa shape index (κ3) is 9.85. The molecule has 194 valence electrons. The molecule has 0 amide bonds. The number of hydrogen-bond donors (Lipinski definition) is 2. The molecule has 1 rings (SSSR count). The van der Waals surface area contributed by atoms with Gasteiger partial charge in [-0.2, -0.15) is 0 Å². The molecule has 34 heavy (non-hydrogen) atoms. The van der Waals surface area contributed by atoms with Crippen LogP contribution in [0, 0.1) is 17.8 Å². The molecule has 0 aromatic heterocycles. The van der Waals surface area contributed by atoms with Gasteiger partial charge in [-0.3, -0.25) is 14.4 Å². The largest absolute Gasteiger partial charge is 0.481 e. The Morgan fingerprint density at radius 2 is 1.38 bits per heavy atom. The molecular weight excluding hydrogens is 428 g/mol. The Hall–Kier alpha value is -1.75. The number of aliphatic carboxylic acids is 1. The number of carbonyl (C=O) groups excluding carboxylic acids is 2. The van der Waals surface area contributed by atoms with Crippen LogP contribution in [0.1, 0.15) is 127 Å². The van der Waals surface area contributed by atoms with Gasteiger partial charge in [0.25, 0.3) is 0 Å². The molecule has 0 saturated heterocycles. The van der Waals surface area contributed by atoms with Crippen molar-refractivity contribution < 1.29 is 32.8 Å². The summed E-state index contributed by atoms with van der Waals surface area (Å²) in [5, 5.41) is 19.9. The first kappa shape index (κ1) is 21.5. The Bertz CT molecular complexity index is 974. The summed E-state index contributed by atoms with van der Waals surface area (Å²) in [5.74, 6) is -1.93. The van der Waals surface area contributed by atoms with E-state index >= 15 is 0 Å². The molecular formula is C29H48O5. The van der Waals surface area contributed by atoms with Crippen LogP contribution in [0.2, 0.25) is 0 Å². The second kappa shape index (κ2) is 14.0. The SMILES string of the molecule is [2H]C([2H])([2H])C1=C(C)C(=O)C(CC[C@](C)(O)CCC[C@H](C)CCC[C@H](C)CCCC(C)C(=O)O)=C(C([2H])([2H])[2H])C1=O. The van der Waals surface area contributed by atoms with Crippen LogP contribution >= 0.6 is 0 Å². The van der Waals surface area contributed by atoms with E-state index in [1.54, 1.807) is 13.8 Å². The van der Waals surface area contributed by atoms with Crippen LogP contribution < -0.4 is 0 Å². The van der Waals surface area contributed by atoms with Gasteiger partial charge < -0.3 is 10.2 Å². The van der Waals surface area contributed by atoms with Gasteiger partial charge in [0.1, 0.15) is 0 Å². The standard InChI is InChI=1S/C29H48O5/c1-19(13-9-15-21(3)28(32)33)11-8-12-20(2)14-10-17-29(7,34)18-16-25-24(6)26(30)22(4)23(5)27(25)31/h19-21,34H,8-18H2,1-7H3,(H,32,33)/t19-,20+,21?,29+/m0/s1/i4D3,6D3. The summed E-state index contributed by atoms with van der Waals surface area (Å²) >= 11 is 0. The topological polar surface area (TPSA) is 91.7 Å². The molecule has 0 radical (unpaired) electrons. The highest BCUT2D eigenvalue weighted by Gasteiger charge is 2.29. The summed E-state index contributed by atoms with van der Waals surface area (Å²) in [4.78, 5) is 36.8. The van der Waals surface area contributed by atoms with Gasteiger partial charge in [0.2, 0.25) is 0 Å². The minimum Gasteiger partial charge on any atom is -0.481 e. The number of allylic oxidation sites excluding steroid dienone is 4. The van der Waals surface area contributed by atoms with Gasteiger partial charge in [-0.15, -0.1) is 0 Å². The van der Waals surface area contributed by atoms with E-state index in [0.717, 1.165) is 44.9 Å². The fourth-order valence-electron chi connectivity index (χ4n) is 4.47. The van der Waals surface area contributed by atoms with Crippen LogP contribution in [0.15, 0.2) is 22.3 Å². The Labute approximate surface area is 215 Å². The van der Waals surface area contributed by atoms with Gasteiger partial charge >= 0.3 is 5.97 Å². The van der Waals surface area contributed by atoms with E-state index in [1.807, 2.05) is 0 Å². The first-order valence-electron chi connectivity index (χ1n) is 15.7. The molecule has 0 heterocycles. The fourth-order valence-corrected chi connectivity index (χ4v) is 4.47. The van der Waals surface area contributed by atoms with Crippen molar-refractivity contribution in [2.24, 2.45) is 17.8 Å². The summed E-state index contributed by atoms with van der Waals surface area (Å²) in [6.07, 6.45) is 7.92. The average Bonchev–Trinajstić information content (AvgIpc) is 2.78. The molecule has 1 aliphatic carbocycles. The van der Waals surface area contributed by atoms with E-state index in [9.17, 15) is 19.5 Å². The lowest BCUT2D eigenvalue weighted by Gasteiger charge is -2.26. The quantitative estimate of drug-likeness (QED) is 0.235. The lowest BCUT2D eigenvalue weighted by atomic mass is 9.81. The number of Topliss-reactive ketones (excluding diaryl/α,β-unsaturated/α-hetero) is 2. The molecule has 0 aromatic carbocycles. The Kier molecular flexibility index (Phi) is 8.84. The maximum atomic E-state index is 13.0. The predicted molar refractivity (Wildman–Crippen MR) is 138 cm³/mol. The normalized spacial score (nSPS) is 22.6. The fraction of sp³-hybridized carbons (Fsp3) is 0.759. The van der Waals surface area contributed by atoms with Gasteiger partial charge in [0, 0.05) is 30.5 Å². The molecule has 1 aliphatic rings. The van der Waals surface area contributed by atoms with Crippen LogP contribution in [0.25, 0.3) is 0 Å². The van der Waals surface area contributed by atoms with E-state index in [0.29, 0.717) is 24.7 Å². The number of carbonyl (C=O) groups is 3.